The maximum atomic E-state index is 12.1. The summed E-state index contributed by atoms with van der Waals surface area (Å²) in [5.41, 5.74) is 0. The first-order valence-electron chi connectivity index (χ1n) is 5.48. The quantitative estimate of drug-likeness (QED) is 0.633. The third-order valence-electron chi connectivity index (χ3n) is 5.16. The van der Waals surface area contributed by atoms with Crippen LogP contribution in [0.2, 0.25) is 0 Å². The van der Waals surface area contributed by atoms with Crippen molar-refractivity contribution in [1.82, 2.24) is 0 Å². The summed E-state index contributed by atoms with van der Waals surface area (Å²) in [6, 6.07) is 0. The van der Waals surface area contributed by atoms with E-state index in [0.717, 1.165) is 6.42 Å². The molecule has 0 amide bonds. The molecule has 0 heterocycles. The smallest absolute Gasteiger partial charge is 0.150 e. The van der Waals surface area contributed by atoms with Crippen molar-refractivity contribution in [2.24, 2.45) is 35.5 Å². The normalized spacial score (nSPS) is 64.7. The Morgan fingerprint density at radius 3 is 1.67 bits per heavy atom. The Kier molecular flexibility index (Phi) is 1.61. The van der Waals surface area contributed by atoms with Crippen molar-refractivity contribution in [3.8, 4) is 0 Å². The van der Waals surface area contributed by atoms with Gasteiger partial charge in [-0.05, 0) is 30.1 Å². The van der Waals surface area contributed by atoms with Gasteiger partial charge in [0, 0.05) is 11.8 Å². The van der Waals surface area contributed by atoms with Crippen LogP contribution in [-0.2, 0) is 9.59 Å². The number of alkyl halides is 2. The minimum Gasteiger partial charge on any atom is -0.298 e. The first kappa shape index (κ1) is 9.34. The molecule has 80 valence electrons. The van der Waals surface area contributed by atoms with Crippen molar-refractivity contribution in [3.63, 3.8) is 0 Å². The van der Waals surface area contributed by atoms with E-state index < -0.39 is 0 Å². The molecule has 4 fully saturated rings. The molecule has 0 radical (unpaired) electrons. The molecule has 4 aliphatic rings. The van der Waals surface area contributed by atoms with Crippen molar-refractivity contribution < 1.29 is 9.59 Å². The van der Waals surface area contributed by atoms with Gasteiger partial charge in [-0.2, -0.15) is 0 Å². The van der Waals surface area contributed by atoms with E-state index in [1.807, 2.05) is 0 Å². The summed E-state index contributed by atoms with van der Waals surface area (Å²) in [5, 5.41) is 0. The molecule has 4 saturated carbocycles. The Labute approximate surface area is 104 Å². The van der Waals surface area contributed by atoms with Gasteiger partial charge in [0.25, 0.3) is 0 Å². The Morgan fingerprint density at radius 1 is 0.867 bits per heavy atom. The van der Waals surface area contributed by atoms with Gasteiger partial charge < -0.3 is 0 Å². The molecule has 0 aliphatic heterocycles. The van der Waals surface area contributed by atoms with Gasteiger partial charge in [0.05, 0.1) is 9.65 Å². The summed E-state index contributed by atoms with van der Waals surface area (Å²) in [6.07, 6.45) is 1.12. The number of hydrogen-bond acceptors (Lipinski definition) is 2. The Balaban J connectivity index is 1.93. The predicted molar refractivity (Wildman–Crippen MR) is 61.0 cm³/mol. The monoisotopic (exact) mass is 332 g/mol. The third kappa shape index (κ3) is 0.791. The molecule has 0 saturated heterocycles. The second-order valence-electron chi connectivity index (χ2n) is 5.38. The largest absolute Gasteiger partial charge is 0.298 e. The van der Waals surface area contributed by atoms with Gasteiger partial charge in [-0.3, -0.25) is 9.59 Å². The first-order valence-corrected chi connectivity index (χ1v) is 7.31. The third-order valence-corrected chi connectivity index (χ3v) is 7.29. The standard InChI is InChI=1S/C11H10Br2O2/c12-8-4-2-1-3-5(4)9(13)11(15)7(3)6(2)10(8)14/h2-9H,1H2/t2-,3+,4+,5-,6+,7-,8-,9-/m1/s1. The molecular formula is C11H10Br2O2. The molecule has 0 unspecified atom stereocenters. The molecule has 0 aromatic rings. The molecule has 0 aromatic heterocycles. The number of hydrogen-bond donors (Lipinski definition) is 0. The van der Waals surface area contributed by atoms with Crippen LogP contribution in [0.5, 0.6) is 0 Å². The van der Waals surface area contributed by atoms with E-state index in [4.69, 9.17) is 0 Å². The summed E-state index contributed by atoms with van der Waals surface area (Å²) < 4.78 is 0. The summed E-state index contributed by atoms with van der Waals surface area (Å²) in [6.45, 7) is 0. The van der Waals surface area contributed by atoms with Crippen LogP contribution in [-0.4, -0.2) is 21.2 Å². The fraction of sp³-hybridized carbons (Fsp3) is 0.818. The zero-order chi connectivity index (χ0) is 10.5. The van der Waals surface area contributed by atoms with Gasteiger partial charge in [0.2, 0.25) is 0 Å². The Bertz CT molecular complexity index is 358. The lowest BCUT2D eigenvalue weighted by molar-refractivity contribution is -0.128. The van der Waals surface area contributed by atoms with E-state index in [-0.39, 0.29) is 21.5 Å². The number of halogens is 2. The summed E-state index contributed by atoms with van der Waals surface area (Å²) >= 11 is 7.09. The van der Waals surface area contributed by atoms with E-state index in [1.165, 1.54) is 0 Å². The fourth-order valence-corrected chi connectivity index (χ4v) is 6.95. The molecule has 4 heteroatoms. The fourth-order valence-electron chi connectivity index (χ4n) is 4.85. The molecule has 2 nitrogen and oxygen atoms in total. The molecule has 8 atom stereocenters. The number of rotatable bonds is 0. The van der Waals surface area contributed by atoms with Gasteiger partial charge in [-0.1, -0.05) is 31.9 Å². The van der Waals surface area contributed by atoms with Gasteiger partial charge >= 0.3 is 0 Å². The SMILES string of the molecule is O=C1[C@@H]2[C@H]3C[C@H]4[C@@H]2C(=O)[C@H](Br)[C@@H]4[C@@H]3[C@H]1Br. The van der Waals surface area contributed by atoms with Crippen LogP contribution in [0.4, 0.5) is 0 Å². The number of carbonyl (C=O) groups is 2. The Morgan fingerprint density at radius 2 is 1.27 bits per heavy atom. The Hall–Kier alpha value is 0.300. The molecule has 4 rings (SSSR count). The summed E-state index contributed by atoms with van der Waals surface area (Å²) in [7, 11) is 0. The highest BCUT2D eigenvalue weighted by Crippen LogP contribution is 2.70. The molecule has 4 aliphatic carbocycles. The second-order valence-corrected chi connectivity index (χ2v) is 7.35. The molecule has 0 N–H and O–H groups in total. The van der Waals surface area contributed by atoms with Crippen molar-refractivity contribution >= 4 is 43.4 Å². The van der Waals surface area contributed by atoms with Gasteiger partial charge in [-0.15, -0.1) is 0 Å². The van der Waals surface area contributed by atoms with Crippen LogP contribution in [0.25, 0.3) is 0 Å². The highest BCUT2D eigenvalue weighted by Gasteiger charge is 2.74. The lowest BCUT2D eigenvalue weighted by Crippen LogP contribution is -2.29. The summed E-state index contributed by atoms with van der Waals surface area (Å²) in [5.74, 6) is 2.63. The van der Waals surface area contributed by atoms with E-state index in [2.05, 4.69) is 31.9 Å². The van der Waals surface area contributed by atoms with Gasteiger partial charge in [0.1, 0.15) is 0 Å². The molecule has 0 aromatic carbocycles. The zero-order valence-corrected chi connectivity index (χ0v) is 11.1. The van der Waals surface area contributed by atoms with Crippen LogP contribution in [0.3, 0.4) is 0 Å². The molecule has 15 heavy (non-hydrogen) atoms. The van der Waals surface area contributed by atoms with E-state index in [1.54, 1.807) is 0 Å². The molecular weight excluding hydrogens is 324 g/mol. The van der Waals surface area contributed by atoms with E-state index in [9.17, 15) is 9.59 Å². The van der Waals surface area contributed by atoms with Crippen molar-refractivity contribution in [1.29, 1.82) is 0 Å². The van der Waals surface area contributed by atoms with Crippen LogP contribution < -0.4 is 0 Å². The van der Waals surface area contributed by atoms with Crippen molar-refractivity contribution in [2.75, 3.05) is 0 Å². The lowest BCUT2D eigenvalue weighted by Gasteiger charge is -2.25. The van der Waals surface area contributed by atoms with Crippen LogP contribution in [0.1, 0.15) is 6.42 Å². The second kappa shape index (κ2) is 2.58. The van der Waals surface area contributed by atoms with Crippen molar-refractivity contribution in [2.45, 2.75) is 16.1 Å². The zero-order valence-electron chi connectivity index (χ0n) is 7.90. The number of fused-ring (bicyclic) bond motifs is 2. The molecule has 2 bridgehead atoms. The van der Waals surface area contributed by atoms with Crippen molar-refractivity contribution in [3.05, 3.63) is 0 Å². The maximum Gasteiger partial charge on any atom is 0.150 e. The maximum absolute atomic E-state index is 12.1. The average Bonchev–Trinajstić information content (AvgIpc) is 2.85. The first-order chi connectivity index (χ1) is 7.13. The number of Topliss-reactive ketones (excluding diaryl/α,β-unsaturated/α-hetero) is 2. The predicted octanol–water partition coefficient (Wildman–Crippen LogP) is 1.79. The van der Waals surface area contributed by atoms with E-state index in [0.29, 0.717) is 35.2 Å². The van der Waals surface area contributed by atoms with Gasteiger partial charge in [-0.25, -0.2) is 0 Å². The van der Waals surface area contributed by atoms with E-state index >= 15 is 0 Å². The number of carbonyl (C=O) groups excluding carboxylic acids is 2. The number of ketones is 2. The minimum atomic E-state index is 0.0284. The average molecular weight is 334 g/mol. The highest BCUT2D eigenvalue weighted by atomic mass is 79.9. The lowest BCUT2D eigenvalue weighted by atomic mass is 9.79. The van der Waals surface area contributed by atoms with Crippen LogP contribution >= 0.6 is 31.9 Å². The minimum absolute atomic E-state index is 0.0284. The summed E-state index contributed by atoms with van der Waals surface area (Å²) in [4.78, 5) is 24.2. The molecule has 0 spiro atoms. The topological polar surface area (TPSA) is 34.1 Å². The van der Waals surface area contributed by atoms with Crippen LogP contribution in [0.15, 0.2) is 0 Å². The highest BCUT2D eigenvalue weighted by molar-refractivity contribution is 9.10. The van der Waals surface area contributed by atoms with Crippen LogP contribution in [0, 0.1) is 35.5 Å². The van der Waals surface area contributed by atoms with Gasteiger partial charge in [0.15, 0.2) is 11.6 Å².